The molecule has 8 nitrogen and oxygen atoms in total. The zero-order valence-corrected chi connectivity index (χ0v) is 16.4. The average molecular weight is 408 g/mol. The summed E-state index contributed by atoms with van der Waals surface area (Å²) in [6, 6.07) is 14.0. The highest BCUT2D eigenvalue weighted by atomic mass is 16.6. The summed E-state index contributed by atoms with van der Waals surface area (Å²) in [4.78, 5) is 21.2. The molecule has 0 aliphatic carbocycles. The summed E-state index contributed by atoms with van der Waals surface area (Å²) in [5, 5.41) is 22.8. The largest absolute Gasteiger partial charge is 0.497 e. The molecule has 2 aromatic rings. The van der Waals surface area contributed by atoms with Gasteiger partial charge in [0.1, 0.15) is 11.5 Å². The monoisotopic (exact) mass is 408 g/mol. The maximum atomic E-state index is 11.4. The Bertz CT molecular complexity index is 919. The van der Waals surface area contributed by atoms with Crippen molar-refractivity contribution in [2.75, 3.05) is 14.2 Å². The molecule has 0 fully saturated rings. The topological polar surface area (TPSA) is 105 Å². The summed E-state index contributed by atoms with van der Waals surface area (Å²) in [5.74, 6) is 1.35. The van der Waals surface area contributed by atoms with E-state index in [0.29, 0.717) is 11.5 Å². The molecule has 0 atom stereocenters. The Kier molecular flexibility index (Phi) is 8.07. The normalized spacial score (nSPS) is 12.3. The first-order valence-electron chi connectivity index (χ1n) is 8.78. The Morgan fingerprint density at radius 2 is 1.03 bits per heavy atom. The van der Waals surface area contributed by atoms with E-state index in [4.69, 9.17) is 9.47 Å². The zero-order chi connectivity index (χ0) is 21.9. The van der Waals surface area contributed by atoms with Crippen LogP contribution in [-0.2, 0) is 0 Å². The molecular weight excluding hydrogens is 388 g/mol. The van der Waals surface area contributed by atoms with Crippen LogP contribution >= 0.6 is 0 Å². The van der Waals surface area contributed by atoms with Crippen LogP contribution in [0.5, 0.6) is 11.5 Å². The molecule has 2 rings (SSSR count). The summed E-state index contributed by atoms with van der Waals surface area (Å²) in [6.45, 7) is 0. The Hall–Kier alpha value is -4.20. The average Bonchev–Trinajstić information content (AvgIpc) is 2.75. The summed E-state index contributed by atoms with van der Waals surface area (Å²) >= 11 is 0. The van der Waals surface area contributed by atoms with E-state index in [9.17, 15) is 20.2 Å². The fourth-order valence-corrected chi connectivity index (χ4v) is 2.41. The van der Waals surface area contributed by atoms with E-state index in [0.717, 1.165) is 23.3 Å². The second-order valence-electron chi connectivity index (χ2n) is 5.88. The second kappa shape index (κ2) is 11.0. The second-order valence-corrected chi connectivity index (χ2v) is 5.88. The maximum Gasteiger partial charge on any atom is 0.346 e. The van der Waals surface area contributed by atoms with Crippen LogP contribution in [0, 0.1) is 20.2 Å². The molecular formula is C22H20N2O6. The van der Waals surface area contributed by atoms with Crippen LogP contribution in [0.1, 0.15) is 11.1 Å². The SMILES string of the molecule is COc1ccc(/C=C/C=C(\C(=C/C=C/c2ccc(OC)cc2)[N+](=O)[O-])[N+](=O)[O-])cc1. The Balaban J connectivity index is 2.24. The molecule has 0 aliphatic rings. The predicted octanol–water partition coefficient (Wildman–Crippen LogP) is 4.75. The number of hydrogen-bond acceptors (Lipinski definition) is 6. The van der Waals surface area contributed by atoms with Crippen molar-refractivity contribution in [3.05, 3.63) is 116 Å². The van der Waals surface area contributed by atoms with Gasteiger partial charge in [-0.25, -0.2) is 0 Å². The lowest BCUT2D eigenvalue weighted by atomic mass is 10.2. The minimum atomic E-state index is -0.784. The highest BCUT2D eigenvalue weighted by Crippen LogP contribution is 2.16. The molecule has 0 N–H and O–H groups in total. The first kappa shape index (κ1) is 22.1. The molecule has 0 radical (unpaired) electrons. The van der Waals surface area contributed by atoms with E-state index < -0.39 is 21.2 Å². The van der Waals surface area contributed by atoms with Crippen LogP contribution < -0.4 is 9.47 Å². The van der Waals surface area contributed by atoms with Gasteiger partial charge in [0.15, 0.2) is 0 Å². The lowest BCUT2D eigenvalue weighted by molar-refractivity contribution is -0.479. The highest BCUT2D eigenvalue weighted by molar-refractivity contribution is 5.54. The van der Waals surface area contributed by atoms with Gasteiger partial charge in [0.2, 0.25) is 0 Å². The number of nitro groups is 2. The van der Waals surface area contributed by atoms with E-state index in [2.05, 4.69) is 0 Å². The molecule has 0 saturated heterocycles. The van der Waals surface area contributed by atoms with Crippen molar-refractivity contribution in [1.82, 2.24) is 0 Å². The van der Waals surface area contributed by atoms with E-state index in [1.807, 2.05) is 0 Å². The smallest absolute Gasteiger partial charge is 0.346 e. The van der Waals surface area contributed by atoms with Gasteiger partial charge in [0, 0.05) is 12.2 Å². The van der Waals surface area contributed by atoms with Crippen molar-refractivity contribution in [3.8, 4) is 11.5 Å². The number of benzene rings is 2. The molecule has 2 aromatic carbocycles. The van der Waals surface area contributed by atoms with Gasteiger partial charge in [-0.05, 0) is 35.4 Å². The van der Waals surface area contributed by atoms with Crippen molar-refractivity contribution in [3.63, 3.8) is 0 Å². The highest BCUT2D eigenvalue weighted by Gasteiger charge is 2.27. The molecule has 0 spiro atoms. The van der Waals surface area contributed by atoms with Crippen LogP contribution in [0.3, 0.4) is 0 Å². The molecule has 154 valence electrons. The van der Waals surface area contributed by atoms with Gasteiger partial charge in [-0.1, -0.05) is 48.6 Å². The summed E-state index contributed by atoms with van der Waals surface area (Å²) in [5.41, 5.74) is 0.287. The van der Waals surface area contributed by atoms with Gasteiger partial charge >= 0.3 is 11.4 Å². The number of methoxy groups -OCH3 is 2. The summed E-state index contributed by atoms with van der Waals surface area (Å²) in [7, 11) is 3.09. The first-order valence-corrected chi connectivity index (χ1v) is 8.78. The minimum absolute atomic E-state index is 0.621. The molecule has 0 saturated carbocycles. The zero-order valence-electron chi connectivity index (χ0n) is 16.4. The fraction of sp³-hybridized carbons (Fsp3) is 0.0909. The van der Waals surface area contributed by atoms with E-state index in [1.165, 1.54) is 12.2 Å². The van der Waals surface area contributed by atoms with Gasteiger partial charge in [-0.15, -0.1) is 0 Å². The van der Waals surface area contributed by atoms with Crippen molar-refractivity contribution in [1.29, 1.82) is 0 Å². The van der Waals surface area contributed by atoms with E-state index >= 15 is 0 Å². The lowest BCUT2D eigenvalue weighted by Crippen LogP contribution is -2.09. The van der Waals surface area contributed by atoms with Crippen molar-refractivity contribution in [2.45, 2.75) is 0 Å². The first-order chi connectivity index (χ1) is 14.4. The molecule has 30 heavy (non-hydrogen) atoms. The van der Waals surface area contributed by atoms with Crippen molar-refractivity contribution in [2.24, 2.45) is 0 Å². The molecule has 0 amide bonds. The number of rotatable bonds is 9. The van der Waals surface area contributed by atoms with Crippen molar-refractivity contribution < 1.29 is 19.3 Å². The van der Waals surface area contributed by atoms with Crippen LogP contribution in [0.4, 0.5) is 0 Å². The third-order valence-corrected chi connectivity index (χ3v) is 3.97. The van der Waals surface area contributed by atoms with Crippen LogP contribution in [0.15, 0.2) is 84.2 Å². The van der Waals surface area contributed by atoms with Gasteiger partial charge in [0.25, 0.3) is 0 Å². The Morgan fingerprint density at radius 1 is 0.700 bits per heavy atom. The molecule has 0 aliphatic heterocycles. The van der Waals surface area contributed by atoms with E-state index in [1.54, 1.807) is 74.9 Å². The number of allylic oxidation sites excluding steroid dienone is 4. The minimum Gasteiger partial charge on any atom is -0.497 e. The lowest BCUT2D eigenvalue weighted by Gasteiger charge is -1.99. The molecule has 0 heterocycles. The van der Waals surface area contributed by atoms with Crippen LogP contribution in [-0.4, -0.2) is 24.1 Å². The quantitative estimate of drug-likeness (QED) is 0.337. The fourth-order valence-electron chi connectivity index (χ4n) is 2.41. The Labute approximate surface area is 173 Å². The molecule has 0 unspecified atom stereocenters. The van der Waals surface area contributed by atoms with Crippen LogP contribution in [0.2, 0.25) is 0 Å². The van der Waals surface area contributed by atoms with Gasteiger partial charge < -0.3 is 9.47 Å². The van der Waals surface area contributed by atoms with Crippen molar-refractivity contribution >= 4 is 12.2 Å². The Morgan fingerprint density at radius 3 is 1.30 bits per heavy atom. The van der Waals surface area contributed by atoms with Gasteiger partial charge in [-0.2, -0.15) is 0 Å². The standard InChI is InChI=1S/C22H20N2O6/c1-29-19-13-9-17(10-14-19)5-3-7-21(23(25)26)22(24(27)28)8-4-6-18-11-15-20(30-2)16-12-18/h3-16H,1-2H3/b5-3+,6-4+,21-7+,22-8+. The summed E-state index contributed by atoms with van der Waals surface area (Å²) in [6.07, 6.45) is 8.19. The third-order valence-electron chi connectivity index (χ3n) is 3.97. The molecule has 8 heteroatoms. The molecule has 0 aromatic heterocycles. The number of nitrogens with zero attached hydrogens (tertiary/aromatic N) is 2. The van der Waals surface area contributed by atoms with Gasteiger partial charge in [0.05, 0.1) is 24.1 Å². The summed E-state index contributed by atoms with van der Waals surface area (Å²) < 4.78 is 10.1. The van der Waals surface area contributed by atoms with E-state index in [-0.39, 0.29) is 0 Å². The predicted molar refractivity (Wildman–Crippen MR) is 114 cm³/mol. The van der Waals surface area contributed by atoms with Gasteiger partial charge in [-0.3, -0.25) is 20.2 Å². The van der Waals surface area contributed by atoms with Crippen LogP contribution in [0.25, 0.3) is 12.2 Å². The number of ether oxygens (including phenoxy) is 2. The maximum absolute atomic E-state index is 11.4. The third kappa shape index (κ3) is 6.45. The molecule has 0 bridgehead atoms. The number of hydrogen-bond donors (Lipinski definition) is 0.